The first-order valence-electron chi connectivity index (χ1n) is 5.35. The summed E-state index contributed by atoms with van der Waals surface area (Å²) >= 11 is 10.6. The van der Waals surface area contributed by atoms with E-state index < -0.39 is 0 Å². The highest BCUT2D eigenvalue weighted by atomic mass is 79.9. The SMILES string of the molecule is Clc1ncc(Cn2nnc(-c3ccc(Br)cc3)n2)s1. The van der Waals surface area contributed by atoms with Gasteiger partial charge in [0, 0.05) is 21.1 Å². The van der Waals surface area contributed by atoms with E-state index >= 15 is 0 Å². The smallest absolute Gasteiger partial charge is 0.204 e. The lowest BCUT2D eigenvalue weighted by molar-refractivity contribution is 0.577. The van der Waals surface area contributed by atoms with Crippen molar-refractivity contribution in [2.75, 3.05) is 0 Å². The topological polar surface area (TPSA) is 56.5 Å². The van der Waals surface area contributed by atoms with Crippen LogP contribution < -0.4 is 0 Å². The maximum Gasteiger partial charge on any atom is 0.204 e. The third-order valence-electron chi connectivity index (χ3n) is 2.38. The normalized spacial score (nSPS) is 10.8. The van der Waals surface area contributed by atoms with Crippen LogP contribution in [0.5, 0.6) is 0 Å². The van der Waals surface area contributed by atoms with Gasteiger partial charge in [0.15, 0.2) is 4.47 Å². The minimum absolute atomic E-state index is 0.517. The lowest BCUT2D eigenvalue weighted by Crippen LogP contribution is -2.02. The summed E-state index contributed by atoms with van der Waals surface area (Å²) in [4.78, 5) is 6.50. The third-order valence-corrected chi connectivity index (χ3v) is 4.01. The predicted octanol–water partition coefficient (Wildman–Crippen LogP) is 3.26. The molecule has 8 heteroatoms. The molecule has 0 aliphatic rings. The van der Waals surface area contributed by atoms with E-state index in [1.165, 1.54) is 16.1 Å². The molecule has 2 aromatic heterocycles. The second-order valence-electron chi connectivity index (χ2n) is 3.73. The molecule has 96 valence electrons. The Morgan fingerprint density at radius 3 is 2.74 bits per heavy atom. The summed E-state index contributed by atoms with van der Waals surface area (Å²) < 4.78 is 1.53. The maximum absolute atomic E-state index is 5.78. The molecule has 0 fully saturated rings. The summed E-state index contributed by atoms with van der Waals surface area (Å²) in [5.41, 5.74) is 0.928. The Morgan fingerprint density at radius 1 is 1.26 bits per heavy atom. The molecule has 19 heavy (non-hydrogen) atoms. The molecule has 5 nitrogen and oxygen atoms in total. The van der Waals surface area contributed by atoms with Crippen LogP contribution in [0.2, 0.25) is 4.47 Å². The summed E-state index contributed by atoms with van der Waals surface area (Å²) in [7, 11) is 0. The number of hydrogen-bond acceptors (Lipinski definition) is 5. The molecule has 0 spiro atoms. The van der Waals surface area contributed by atoms with Crippen LogP contribution in [-0.2, 0) is 6.54 Å². The van der Waals surface area contributed by atoms with E-state index in [4.69, 9.17) is 11.6 Å². The van der Waals surface area contributed by atoms with Gasteiger partial charge in [0.1, 0.15) is 0 Å². The number of tetrazole rings is 1. The molecule has 0 bridgehead atoms. The average molecular weight is 357 g/mol. The molecule has 0 amide bonds. The van der Waals surface area contributed by atoms with Crippen molar-refractivity contribution in [1.29, 1.82) is 0 Å². The molecular formula is C11H7BrClN5S. The third kappa shape index (κ3) is 2.99. The zero-order valence-electron chi connectivity index (χ0n) is 9.49. The Labute approximate surface area is 126 Å². The van der Waals surface area contributed by atoms with E-state index in [0.717, 1.165) is 14.9 Å². The largest absolute Gasteiger partial charge is 0.233 e. The molecule has 1 aromatic carbocycles. The molecule has 0 atom stereocenters. The minimum atomic E-state index is 0.517. The molecule has 0 unspecified atom stereocenters. The average Bonchev–Trinajstić information content (AvgIpc) is 3.00. The number of nitrogens with zero attached hydrogens (tertiary/aromatic N) is 5. The lowest BCUT2D eigenvalue weighted by atomic mass is 10.2. The van der Waals surface area contributed by atoms with Crippen LogP contribution in [0.3, 0.4) is 0 Å². The number of rotatable bonds is 3. The fraction of sp³-hybridized carbons (Fsp3) is 0.0909. The van der Waals surface area contributed by atoms with E-state index in [0.29, 0.717) is 16.8 Å². The van der Waals surface area contributed by atoms with Gasteiger partial charge >= 0.3 is 0 Å². The van der Waals surface area contributed by atoms with Gasteiger partial charge in [0.2, 0.25) is 5.82 Å². The molecular weight excluding hydrogens is 350 g/mol. The molecule has 3 rings (SSSR count). The molecule has 0 radical (unpaired) electrons. The van der Waals surface area contributed by atoms with Crippen molar-refractivity contribution in [3.05, 3.63) is 44.3 Å². The van der Waals surface area contributed by atoms with Gasteiger partial charge in [-0.15, -0.1) is 21.5 Å². The molecule has 0 aliphatic carbocycles. The Hall–Kier alpha value is -1.31. The van der Waals surface area contributed by atoms with E-state index in [1.807, 2.05) is 24.3 Å². The standard InChI is InChI=1S/C11H7BrClN5S/c12-8-3-1-7(2-4-8)10-15-17-18(16-10)6-9-5-14-11(13)19-9/h1-5H,6H2. The zero-order chi connectivity index (χ0) is 13.2. The quantitative estimate of drug-likeness (QED) is 0.723. The summed E-state index contributed by atoms with van der Waals surface area (Å²) in [5, 5.41) is 12.4. The van der Waals surface area contributed by atoms with Crippen LogP contribution >= 0.6 is 38.9 Å². The van der Waals surface area contributed by atoms with Gasteiger partial charge in [-0.05, 0) is 29.5 Å². The van der Waals surface area contributed by atoms with Crippen LogP contribution in [-0.4, -0.2) is 25.2 Å². The van der Waals surface area contributed by atoms with E-state index in [9.17, 15) is 0 Å². The molecule has 0 saturated heterocycles. The van der Waals surface area contributed by atoms with Crippen LogP contribution in [0.1, 0.15) is 4.88 Å². The van der Waals surface area contributed by atoms with Crippen molar-refractivity contribution in [3.8, 4) is 11.4 Å². The maximum atomic E-state index is 5.78. The van der Waals surface area contributed by atoms with Crippen LogP contribution in [0, 0.1) is 0 Å². The van der Waals surface area contributed by atoms with Gasteiger partial charge in [-0.2, -0.15) is 4.80 Å². The highest BCUT2D eigenvalue weighted by Crippen LogP contribution is 2.19. The second-order valence-corrected chi connectivity index (χ2v) is 6.34. The van der Waals surface area contributed by atoms with Gasteiger partial charge in [0.25, 0.3) is 0 Å². The van der Waals surface area contributed by atoms with Crippen LogP contribution in [0.15, 0.2) is 34.9 Å². The lowest BCUT2D eigenvalue weighted by Gasteiger charge is -1.95. The van der Waals surface area contributed by atoms with Gasteiger partial charge in [-0.3, -0.25) is 0 Å². The van der Waals surface area contributed by atoms with Gasteiger partial charge < -0.3 is 0 Å². The fourth-order valence-corrected chi connectivity index (χ4v) is 2.74. The molecule has 3 aromatic rings. The van der Waals surface area contributed by atoms with Crippen molar-refractivity contribution in [2.24, 2.45) is 0 Å². The molecule has 0 saturated carbocycles. The second kappa shape index (κ2) is 5.36. The molecule has 0 aliphatic heterocycles. The van der Waals surface area contributed by atoms with Crippen molar-refractivity contribution >= 4 is 38.9 Å². The number of thiazole rings is 1. The first-order chi connectivity index (χ1) is 9.20. The summed E-state index contributed by atoms with van der Waals surface area (Å²) in [6.45, 7) is 0.522. The Balaban J connectivity index is 1.81. The van der Waals surface area contributed by atoms with Gasteiger partial charge in [0.05, 0.1) is 6.54 Å². The predicted molar refractivity (Wildman–Crippen MR) is 77.2 cm³/mol. The fourth-order valence-electron chi connectivity index (χ4n) is 1.52. The number of hydrogen-bond donors (Lipinski definition) is 0. The molecule has 2 heterocycles. The Morgan fingerprint density at radius 2 is 2.05 bits per heavy atom. The van der Waals surface area contributed by atoms with E-state index in [-0.39, 0.29) is 0 Å². The van der Waals surface area contributed by atoms with Crippen molar-refractivity contribution < 1.29 is 0 Å². The summed E-state index contributed by atoms with van der Waals surface area (Å²) in [5.74, 6) is 0.600. The Bertz CT molecular complexity index is 693. The van der Waals surface area contributed by atoms with Crippen molar-refractivity contribution in [2.45, 2.75) is 6.54 Å². The molecule has 0 N–H and O–H groups in total. The first-order valence-corrected chi connectivity index (χ1v) is 7.33. The number of halogens is 2. The highest BCUT2D eigenvalue weighted by Gasteiger charge is 2.07. The van der Waals surface area contributed by atoms with Crippen molar-refractivity contribution in [1.82, 2.24) is 25.2 Å². The number of aromatic nitrogens is 5. The van der Waals surface area contributed by atoms with E-state index in [1.54, 1.807) is 6.20 Å². The van der Waals surface area contributed by atoms with Gasteiger partial charge in [-0.25, -0.2) is 4.98 Å². The Kier molecular flexibility index (Phi) is 3.58. The first kappa shape index (κ1) is 12.7. The van der Waals surface area contributed by atoms with Crippen LogP contribution in [0.4, 0.5) is 0 Å². The van der Waals surface area contributed by atoms with Crippen molar-refractivity contribution in [3.63, 3.8) is 0 Å². The summed E-state index contributed by atoms with van der Waals surface area (Å²) in [6.07, 6.45) is 1.72. The highest BCUT2D eigenvalue weighted by molar-refractivity contribution is 9.10. The zero-order valence-corrected chi connectivity index (χ0v) is 12.7. The van der Waals surface area contributed by atoms with E-state index in [2.05, 4.69) is 36.3 Å². The van der Waals surface area contributed by atoms with Crippen LogP contribution in [0.25, 0.3) is 11.4 Å². The summed E-state index contributed by atoms with van der Waals surface area (Å²) in [6, 6.07) is 7.77. The van der Waals surface area contributed by atoms with Gasteiger partial charge in [-0.1, -0.05) is 27.5 Å². The number of benzene rings is 1. The minimum Gasteiger partial charge on any atom is -0.233 e. The monoisotopic (exact) mass is 355 g/mol.